The average Bonchev–Trinajstić information content (AvgIpc) is 2.30. The fourth-order valence-electron chi connectivity index (χ4n) is 1.43. The number of likely N-dealkylation sites (N-methyl/N-ethyl adjacent to an activating group) is 1. The zero-order valence-electron chi connectivity index (χ0n) is 10.2. The molecule has 0 aliphatic rings. The summed E-state index contributed by atoms with van der Waals surface area (Å²) >= 11 is 3.37. The predicted octanol–water partition coefficient (Wildman–Crippen LogP) is 1.76. The van der Waals surface area contributed by atoms with Crippen molar-refractivity contribution in [2.24, 2.45) is 5.73 Å². The number of hydrogen-bond acceptors (Lipinski definition) is 3. The molecule has 1 amide bonds. The summed E-state index contributed by atoms with van der Waals surface area (Å²) in [4.78, 5) is 13.2. The highest BCUT2D eigenvalue weighted by Crippen LogP contribution is 2.23. The number of halogens is 1. The second-order valence-corrected chi connectivity index (χ2v) is 4.86. The Morgan fingerprint density at radius 2 is 2.18 bits per heavy atom. The van der Waals surface area contributed by atoms with Gasteiger partial charge in [0.05, 0.1) is 0 Å². The van der Waals surface area contributed by atoms with Gasteiger partial charge in [-0.05, 0) is 25.1 Å². The first-order chi connectivity index (χ1) is 7.95. The predicted molar refractivity (Wildman–Crippen MR) is 70.8 cm³/mol. The maximum absolute atomic E-state index is 11.7. The molecule has 4 nitrogen and oxygen atoms in total. The van der Waals surface area contributed by atoms with E-state index in [1.165, 1.54) is 4.90 Å². The van der Waals surface area contributed by atoms with Gasteiger partial charge in [0.1, 0.15) is 5.75 Å². The van der Waals surface area contributed by atoms with E-state index in [1.54, 1.807) is 21.0 Å². The summed E-state index contributed by atoms with van der Waals surface area (Å²) in [6.07, 6.45) is -0.517. The van der Waals surface area contributed by atoms with Crippen molar-refractivity contribution in [3.05, 3.63) is 28.2 Å². The van der Waals surface area contributed by atoms with Crippen LogP contribution in [0.2, 0.25) is 0 Å². The van der Waals surface area contributed by atoms with Gasteiger partial charge < -0.3 is 15.4 Å². The Labute approximate surface area is 110 Å². The van der Waals surface area contributed by atoms with Gasteiger partial charge in [-0.1, -0.05) is 15.9 Å². The molecule has 1 atom stereocenters. The third kappa shape index (κ3) is 3.71. The lowest BCUT2D eigenvalue weighted by Crippen LogP contribution is -2.35. The fourth-order valence-corrected chi connectivity index (χ4v) is 1.84. The van der Waals surface area contributed by atoms with Crippen molar-refractivity contribution in [2.75, 3.05) is 14.1 Å². The second kappa shape index (κ2) is 6.02. The molecule has 1 unspecified atom stereocenters. The van der Waals surface area contributed by atoms with Crippen LogP contribution in [-0.2, 0) is 11.3 Å². The molecule has 17 heavy (non-hydrogen) atoms. The molecule has 0 aliphatic carbocycles. The number of benzene rings is 1. The molecule has 0 heterocycles. The molecule has 0 fully saturated rings. The average molecular weight is 301 g/mol. The summed E-state index contributed by atoms with van der Waals surface area (Å²) in [5.41, 5.74) is 6.51. The first kappa shape index (κ1) is 14.0. The number of rotatable bonds is 4. The smallest absolute Gasteiger partial charge is 0.262 e. The number of ether oxygens (including phenoxy) is 1. The fraction of sp³-hybridized carbons (Fsp3) is 0.417. The summed E-state index contributed by atoms with van der Waals surface area (Å²) in [5, 5.41) is 0. The molecule has 0 aromatic heterocycles. The Balaban J connectivity index is 2.84. The van der Waals surface area contributed by atoms with Gasteiger partial charge in [-0.25, -0.2) is 0 Å². The molecule has 0 radical (unpaired) electrons. The Morgan fingerprint density at radius 3 is 2.71 bits per heavy atom. The van der Waals surface area contributed by atoms with Crippen LogP contribution in [0, 0.1) is 0 Å². The highest BCUT2D eigenvalue weighted by Gasteiger charge is 2.17. The van der Waals surface area contributed by atoms with Crippen LogP contribution < -0.4 is 10.5 Å². The molecular formula is C12H17BrN2O2. The minimum atomic E-state index is -0.517. The molecule has 2 N–H and O–H groups in total. The van der Waals surface area contributed by atoms with Crippen LogP contribution in [0.15, 0.2) is 22.7 Å². The first-order valence-corrected chi connectivity index (χ1v) is 6.11. The van der Waals surface area contributed by atoms with E-state index in [9.17, 15) is 4.79 Å². The van der Waals surface area contributed by atoms with Gasteiger partial charge in [0.2, 0.25) is 0 Å². The molecule has 1 rings (SSSR count). The molecule has 1 aromatic carbocycles. The lowest BCUT2D eigenvalue weighted by molar-refractivity contribution is -0.135. The normalized spacial score (nSPS) is 12.1. The highest BCUT2D eigenvalue weighted by atomic mass is 79.9. The minimum Gasteiger partial charge on any atom is -0.481 e. The van der Waals surface area contributed by atoms with Crippen LogP contribution in [-0.4, -0.2) is 31.0 Å². The Bertz CT molecular complexity index is 407. The van der Waals surface area contributed by atoms with E-state index in [2.05, 4.69) is 15.9 Å². The van der Waals surface area contributed by atoms with Crippen molar-refractivity contribution in [1.82, 2.24) is 4.90 Å². The number of nitrogens with zero attached hydrogens (tertiary/aromatic N) is 1. The van der Waals surface area contributed by atoms with Crippen LogP contribution in [0.1, 0.15) is 12.5 Å². The minimum absolute atomic E-state index is 0.0732. The standard InChI is InChI=1S/C12H17BrN2O2/c1-8(12(16)15(2)3)17-11-5-4-10(13)6-9(11)7-14/h4-6,8H,7,14H2,1-3H3. The van der Waals surface area contributed by atoms with Crippen molar-refractivity contribution in [3.63, 3.8) is 0 Å². The van der Waals surface area contributed by atoms with Crippen molar-refractivity contribution in [3.8, 4) is 5.75 Å². The van der Waals surface area contributed by atoms with Crippen molar-refractivity contribution in [2.45, 2.75) is 19.6 Å². The van der Waals surface area contributed by atoms with Gasteiger partial charge in [-0.15, -0.1) is 0 Å². The van der Waals surface area contributed by atoms with E-state index >= 15 is 0 Å². The number of carbonyl (C=O) groups excluding carboxylic acids is 1. The molecule has 0 spiro atoms. The number of carbonyl (C=O) groups is 1. The van der Waals surface area contributed by atoms with Crippen molar-refractivity contribution < 1.29 is 9.53 Å². The lowest BCUT2D eigenvalue weighted by atomic mass is 10.2. The van der Waals surface area contributed by atoms with Gasteiger partial charge in [0, 0.05) is 30.7 Å². The van der Waals surface area contributed by atoms with E-state index in [1.807, 2.05) is 18.2 Å². The third-order valence-corrected chi connectivity index (χ3v) is 2.83. The Morgan fingerprint density at radius 1 is 1.53 bits per heavy atom. The number of amides is 1. The topological polar surface area (TPSA) is 55.6 Å². The van der Waals surface area contributed by atoms with E-state index in [-0.39, 0.29) is 5.91 Å². The molecule has 5 heteroatoms. The quantitative estimate of drug-likeness (QED) is 0.922. The number of nitrogens with two attached hydrogens (primary N) is 1. The SMILES string of the molecule is CC(Oc1ccc(Br)cc1CN)C(=O)N(C)C. The molecule has 0 saturated carbocycles. The molecular weight excluding hydrogens is 284 g/mol. The molecule has 0 bridgehead atoms. The van der Waals surface area contributed by atoms with E-state index in [0.29, 0.717) is 12.3 Å². The van der Waals surface area contributed by atoms with Gasteiger partial charge in [-0.2, -0.15) is 0 Å². The largest absolute Gasteiger partial charge is 0.481 e. The van der Waals surface area contributed by atoms with Crippen molar-refractivity contribution >= 4 is 21.8 Å². The zero-order valence-corrected chi connectivity index (χ0v) is 11.8. The lowest BCUT2D eigenvalue weighted by Gasteiger charge is -2.19. The molecule has 0 aliphatic heterocycles. The highest BCUT2D eigenvalue weighted by molar-refractivity contribution is 9.10. The molecule has 1 aromatic rings. The zero-order chi connectivity index (χ0) is 13.0. The van der Waals surface area contributed by atoms with Gasteiger partial charge >= 0.3 is 0 Å². The summed E-state index contributed by atoms with van der Waals surface area (Å²) in [6.45, 7) is 2.10. The van der Waals surface area contributed by atoms with Crippen LogP contribution >= 0.6 is 15.9 Å². The van der Waals surface area contributed by atoms with Crippen LogP contribution in [0.5, 0.6) is 5.75 Å². The first-order valence-electron chi connectivity index (χ1n) is 5.32. The summed E-state index contributed by atoms with van der Waals surface area (Å²) in [5.74, 6) is 0.578. The third-order valence-electron chi connectivity index (χ3n) is 2.33. The van der Waals surface area contributed by atoms with E-state index in [0.717, 1.165) is 10.0 Å². The summed E-state index contributed by atoms with van der Waals surface area (Å²) < 4.78 is 6.56. The summed E-state index contributed by atoms with van der Waals surface area (Å²) in [6, 6.07) is 5.56. The van der Waals surface area contributed by atoms with Crippen LogP contribution in [0.4, 0.5) is 0 Å². The number of hydrogen-bond donors (Lipinski definition) is 1. The maximum Gasteiger partial charge on any atom is 0.262 e. The van der Waals surface area contributed by atoms with Crippen molar-refractivity contribution in [1.29, 1.82) is 0 Å². The molecule has 94 valence electrons. The van der Waals surface area contributed by atoms with E-state index < -0.39 is 6.10 Å². The summed E-state index contributed by atoms with van der Waals surface area (Å²) in [7, 11) is 3.40. The maximum atomic E-state index is 11.7. The van der Waals surface area contributed by atoms with E-state index in [4.69, 9.17) is 10.5 Å². The monoisotopic (exact) mass is 300 g/mol. The Hall–Kier alpha value is -1.07. The van der Waals surface area contributed by atoms with Gasteiger partial charge in [0.15, 0.2) is 6.10 Å². The Kier molecular flexibility index (Phi) is 4.96. The van der Waals surface area contributed by atoms with Crippen LogP contribution in [0.3, 0.4) is 0 Å². The van der Waals surface area contributed by atoms with Crippen LogP contribution in [0.25, 0.3) is 0 Å². The van der Waals surface area contributed by atoms with Gasteiger partial charge in [-0.3, -0.25) is 4.79 Å². The second-order valence-electron chi connectivity index (χ2n) is 3.95. The van der Waals surface area contributed by atoms with Gasteiger partial charge in [0.25, 0.3) is 5.91 Å². The molecule has 0 saturated heterocycles.